The van der Waals surface area contributed by atoms with Crippen molar-refractivity contribution in [1.29, 1.82) is 0 Å². The SMILES string of the molecule is C=CC1CN2CC[C@]3(C(=O)Nc4ccccc43)C2C[C@@H]1/C(=C/OC)C(=O)OC. The number of amides is 1. The van der Waals surface area contributed by atoms with E-state index in [9.17, 15) is 9.59 Å². The largest absolute Gasteiger partial charge is 0.504 e. The predicted molar refractivity (Wildman–Crippen MR) is 106 cm³/mol. The number of hydrogen-bond donors (Lipinski definition) is 1. The fraction of sp³-hybridized carbons (Fsp3) is 0.455. The van der Waals surface area contributed by atoms with Gasteiger partial charge in [-0.3, -0.25) is 9.69 Å². The number of piperidine rings is 1. The maximum Gasteiger partial charge on any atom is 0.337 e. The summed E-state index contributed by atoms with van der Waals surface area (Å²) in [7, 11) is 2.90. The van der Waals surface area contributed by atoms with E-state index >= 15 is 0 Å². The van der Waals surface area contributed by atoms with Gasteiger partial charge < -0.3 is 14.8 Å². The zero-order chi connectivity index (χ0) is 19.9. The topological polar surface area (TPSA) is 67.9 Å². The van der Waals surface area contributed by atoms with Crippen LogP contribution in [-0.4, -0.2) is 50.1 Å². The third-order valence-electron chi connectivity index (χ3n) is 6.67. The highest BCUT2D eigenvalue weighted by atomic mass is 16.5. The van der Waals surface area contributed by atoms with Crippen molar-refractivity contribution in [3.63, 3.8) is 0 Å². The van der Waals surface area contributed by atoms with Gasteiger partial charge in [0.25, 0.3) is 0 Å². The number of nitrogens with one attached hydrogen (secondary N) is 1. The fourth-order valence-electron chi connectivity index (χ4n) is 5.38. The first kappa shape index (κ1) is 18.7. The van der Waals surface area contributed by atoms with Crippen molar-refractivity contribution in [2.75, 3.05) is 32.6 Å². The molecule has 6 heteroatoms. The second-order valence-electron chi connectivity index (χ2n) is 7.77. The minimum absolute atomic E-state index is 0.0160. The summed E-state index contributed by atoms with van der Waals surface area (Å²) in [5.41, 5.74) is 1.90. The first-order chi connectivity index (χ1) is 13.6. The number of esters is 1. The maximum absolute atomic E-state index is 13.2. The van der Waals surface area contributed by atoms with Crippen molar-refractivity contribution >= 4 is 17.6 Å². The van der Waals surface area contributed by atoms with Crippen LogP contribution in [0.4, 0.5) is 5.69 Å². The van der Waals surface area contributed by atoms with Crippen LogP contribution in [-0.2, 0) is 24.5 Å². The molecule has 1 N–H and O–H groups in total. The minimum atomic E-state index is -0.574. The van der Waals surface area contributed by atoms with Crippen LogP contribution < -0.4 is 5.32 Å². The van der Waals surface area contributed by atoms with Crippen LogP contribution >= 0.6 is 0 Å². The third kappa shape index (κ3) is 2.58. The average molecular weight is 382 g/mol. The summed E-state index contributed by atoms with van der Waals surface area (Å²) in [5, 5.41) is 3.07. The lowest BCUT2D eigenvalue weighted by Gasteiger charge is -2.44. The zero-order valence-electron chi connectivity index (χ0n) is 16.3. The van der Waals surface area contributed by atoms with Crippen molar-refractivity contribution in [1.82, 2.24) is 4.90 Å². The van der Waals surface area contributed by atoms with Crippen LogP contribution in [0.2, 0.25) is 0 Å². The molecule has 1 aromatic rings. The van der Waals surface area contributed by atoms with Crippen molar-refractivity contribution in [3.05, 3.63) is 54.3 Å². The highest BCUT2D eigenvalue weighted by Crippen LogP contribution is 2.52. The molecule has 0 aliphatic carbocycles. The Hall–Kier alpha value is -2.60. The third-order valence-corrected chi connectivity index (χ3v) is 6.67. The zero-order valence-corrected chi connectivity index (χ0v) is 16.3. The Bertz CT molecular complexity index is 849. The first-order valence-corrected chi connectivity index (χ1v) is 9.65. The van der Waals surface area contributed by atoms with Gasteiger partial charge in [0.15, 0.2) is 0 Å². The van der Waals surface area contributed by atoms with Crippen LogP contribution in [0.15, 0.2) is 48.8 Å². The van der Waals surface area contributed by atoms with Crippen LogP contribution in [0.25, 0.3) is 0 Å². The summed E-state index contributed by atoms with van der Waals surface area (Å²) in [5.74, 6) is -0.351. The van der Waals surface area contributed by atoms with Crippen molar-refractivity contribution < 1.29 is 19.1 Å². The Kier molecular flexibility index (Phi) is 4.75. The van der Waals surface area contributed by atoms with Gasteiger partial charge >= 0.3 is 5.97 Å². The van der Waals surface area contributed by atoms with Crippen molar-refractivity contribution in [2.45, 2.75) is 24.3 Å². The molecule has 0 saturated carbocycles. The number of methoxy groups -OCH3 is 2. The van der Waals surface area contributed by atoms with Gasteiger partial charge in [-0.2, -0.15) is 0 Å². The van der Waals surface area contributed by atoms with Crippen LogP contribution in [0.5, 0.6) is 0 Å². The summed E-state index contributed by atoms with van der Waals surface area (Å²) in [6.45, 7) is 5.60. The van der Waals surface area contributed by atoms with Crippen LogP contribution in [0.3, 0.4) is 0 Å². The number of benzene rings is 1. The van der Waals surface area contributed by atoms with Gasteiger partial charge in [0.1, 0.15) is 0 Å². The van der Waals surface area contributed by atoms with Crippen molar-refractivity contribution in [3.8, 4) is 0 Å². The Labute approximate surface area is 165 Å². The molecule has 2 fully saturated rings. The van der Waals surface area contributed by atoms with E-state index in [0.29, 0.717) is 12.0 Å². The molecule has 4 atom stereocenters. The van der Waals surface area contributed by atoms with E-state index in [1.165, 1.54) is 20.5 Å². The molecule has 6 nitrogen and oxygen atoms in total. The molecule has 1 aromatic carbocycles. The van der Waals surface area contributed by atoms with E-state index in [0.717, 1.165) is 30.8 Å². The second kappa shape index (κ2) is 7.09. The van der Waals surface area contributed by atoms with Crippen molar-refractivity contribution in [2.24, 2.45) is 11.8 Å². The average Bonchev–Trinajstić information content (AvgIpc) is 3.23. The molecule has 0 radical (unpaired) electrons. The van der Waals surface area contributed by atoms with E-state index in [2.05, 4.69) is 22.9 Å². The number of nitrogens with zero attached hydrogens (tertiary/aromatic N) is 1. The van der Waals surface area contributed by atoms with Gasteiger partial charge in [-0.05, 0) is 36.9 Å². The molecule has 3 aliphatic rings. The van der Waals surface area contributed by atoms with Gasteiger partial charge in [-0.25, -0.2) is 4.79 Å². The number of para-hydroxylation sites is 1. The van der Waals surface area contributed by atoms with Gasteiger partial charge in [0.2, 0.25) is 5.91 Å². The number of ether oxygens (including phenoxy) is 2. The number of hydrogen-bond acceptors (Lipinski definition) is 5. The highest BCUT2D eigenvalue weighted by molar-refractivity contribution is 6.07. The minimum Gasteiger partial charge on any atom is -0.504 e. The summed E-state index contributed by atoms with van der Waals surface area (Å²) in [4.78, 5) is 28.0. The Morgan fingerprint density at radius 3 is 2.86 bits per heavy atom. The summed E-state index contributed by atoms with van der Waals surface area (Å²) in [6, 6.07) is 7.96. The van der Waals surface area contributed by atoms with E-state index in [1.807, 2.05) is 24.3 Å². The molecule has 4 rings (SSSR count). The van der Waals surface area contributed by atoms with E-state index < -0.39 is 11.4 Å². The summed E-state index contributed by atoms with van der Waals surface area (Å²) < 4.78 is 10.2. The van der Waals surface area contributed by atoms with Crippen LogP contribution in [0, 0.1) is 11.8 Å². The highest BCUT2D eigenvalue weighted by Gasteiger charge is 2.60. The predicted octanol–water partition coefficient (Wildman–Crippen LogP) is 2.48. The number of carbonyl (C=O) groups is 2. The van der Waals surface area contributed by atoms with Gasteiger partial charge in [-0.15, -0.1) is 6.58 Å². The Balaban J connectivity index is 1.75. The van der Waals surface area contributed by atoms with E-state index in [4.69, 9.17) is 9.47 Å². The van der Waals surface area contributed by atoms with Gasteiger partial charge in [-0.1, -0.05) is 24.3 Å². The molecule has 2 unspecified atom stereocenters. The van der Waals surface area contributed by atoms with E-state index in [-0.39, 0.29) is 23.8 Å². The maximum atomic E-state index is 13.2. The smallest absolute Gasteiger partial charge is 0.337 e. The summed E-state index contributed by atoms with van der Waals surface area (Å²) >= 11 is 0. The summed E-state index contributed by atoms with van der Waals surface area (Å²) in [6.07, 6.45) is 4.83. The standard InChI is InChI=1S/C22H26N2O4/c1-4-14-12-24-10-9-22(17-7-5-6-8-18(17)23-21(22)26)19(24)11-15(14)16(13-27-2)20(25)28-3/h4-8,13-15,19H,1,9-12H2,2-3H3,(H,23,26)/b16-13-/t14?,15-,19?,22+/m0/s1. The second-order valence-corrected chi connectivity index (χ2v) is 7.77. The van der Waals surface area contributed by atoms with Crippen LogP contribution in [0.1, 0.15) is 18.4 Å². The monoisotopic (exact) mass is 382 g/mol. The molecule has 0 bridgehead atoms. The molecule has 28 heavy (non-hydrogen) atoms. The lowest BCUT2D eigenvalue weighted by atomic mass is 9.68. The molecular formula is C22H26N2O4. The van der Waals surface area contributed by atoms with Gasteiger partial charge in [0, 0.05) is 24.2 Å². The van der Waals surface area contributed by atoms with E-state index in [1.54, 1.807) is 0 Å². The molecule has 1 spiro atoms. The van der Waals surface area contributed by atoms with Gasteiger partial charge in [0.05, 0.1) is 31.5 Å². The fourth-order valence-corrected chi connectivity index (χ4v) is 5.38. The molecule has 3 aliphatic heterocycles. The number of anilines is 1. The number of rotatable bonds is 4. The molecule has 0 aromatic heterocycles. The normalized spacial score (nSPS) is 31.9. The molecule has 2 saturated heterocycles. The lowest BCUT2D eigenvalue weighted by Crippen LogP contribution is -2.53. The lowest BCUT2D eigenvalue weighted by molar-refractivity contribution is -0.137. The quantitative estimate of drug-likeness (QED) is 0.375. The molecule has 3 heterocycles. The molecule has 148 valence electrons. The number of fused-ring (bicyclic) bond motifs is 4. The Morgan fingerprint density at radius 1 is 1.36 bits per heavy atom. The molecular weight excluding hydrogens is 356 g/mol. The first-order valence-electron chi connectivity index (χ1n) is 9.65. The molecule has 1 amide bonds. The number of carbonyl (C=O) groups excluding carboxylic acids is 2. The Morgan fingerprint density at radius 2 is 2.14 bits per heavy atom.